The Hall–Kier alpha value is -4.14. The molecule has 3 aromatic heterocycles. The molecule has 0 unspecified atom stereocenters. The Bertz CT molecular complexity index is 1200. The first-order chi connectivity index (χ1) is 13.3. The topological polar surface area (TPSA) is 123 Å². The molecule has 4 aromatic rings. The van der Waals surface area contributed by atoms with Gasteiger partial charge in [0.2, 0.25) is 0 Å². The highest BCUT2D eigenvalue weighted by Crippen LogP contribution is 2.33. The molecule has 28 heavy (non-hydrogen) atoms. The van der Waals surface area contributed by atoms with Crippen LogP contribution in [0.5, 0.6) is 0 Å². The number of nitrogens with zero attached hydrogens (tertiary/aromatic N) is 7. The summed E-state index contributed by atoms with van der Waals surface area (Å²) in [6.07, 6.45) is -0.690. The van der Waals surface area contributed by atoms with Crippen molar-refractivity contribution < 1.29 is 13.2 Å². The van der Waals surface area contributed by atoms with E-state index in [0.29, 0.717) is 0 Å². The van der Waals surface area contributed by atoms with Crippen molar-refractivity contribution in [3.63, 3.8) is 0 Å². The van der Waals surface area contributed by atoms with E-state index in [-0.39, 0.29) is 34.2 Å². The van der Waals surface area contributed by atoms with E-state index < -0.39 is 11.7 Å². The number of nitrogens with one attached hydrogen (secondary N) is 1. The zero-order valence-corrected chi connectivity index (χ0v) is 13.9. The number of alkyl halides is 3. The minimum Gasteiger partial charge on any atom is -0.396 e. The lowest BCUT2D eigenvalue weighted by atomic mass is 10.1. The third-order valence-corrected chi connectivity index (χ3v) is 3.85. The van der Waals surface area contributed by atoms with E-state index in [1.54, 1.807) is 0 Å². The smallest absolute Gasteiger partial charge is 0.396 e. The summed E-state index contributed by atoms with van der Waals surface area (Å²) in [4.78, 5) is 3.99. The molecule has 140 valence electrons. The van der Waals surface area contributed by atoms with Crippen molar-refractivity contribution in [2.45, 2.75) is 6.18 Å². The highest BCUT2D eigenvalue weighted by atomic mass is 19.4. The SMILES string of the molecule is N#Cc1cnc2c(N)cc(Nc3cc(-n4cnnc4)cc(C(F)(F)F)c3)nn12. The summed E-state index contributed by atoms with van der Waals surface area (Å²) in [5, 5.41) is 23.3. The minimum atomic E-state index is -4.56. The minimum absolute atomic E-state index is 0.114. The maximum atomic E-state index is 13.3. The number of hydrogen-bond donors (Lipinski definition) is 2. The van der Waals surface area contributed by atoms with Gasteiger partial charge in [-0.3, -0.25) is 4.57 Å². The summed E-state index contributed by atoms with van der Waals surface area (Å²) in [6, 6.07) is 6.72. The van der Waals surface area contributed by atoms with Crippen molar-refractivity contribution in [1.29, 1.82) is 5.26 Å². The lowest BCUT2D eigenvalue weighted by Crippen LogP contribution is -2.08. The molecule has 0 atom stereocenters. The predicted octanol–water partition coefficient (Wildman–Crippen LogP) is 2.53. The number of nitrogens with two attached hydrogens (primary N) is 1. The lowest BCUT2D eigenvalue weighted by molar-refractivity contribution is -0.137. The first-order valence-corrected chi connectivity index (χ1v) is 7.74. The Balaban J connectivity index is 1.80. The maximum absolute atomic E-state index is 13.3. The second-order valence-corrected chi connectivity index (χ2v) is 5.74. The van der Waals surface area contributed by atoms with Gasteiger partial charge in [-0.05, 0) is 18.2 Å². The fraction of sp³-hybridized carbons (Fsp3) is 0.0625. The molecule has 3 heterocycles. The van der Waals surface area contributed by atoms with Gasteiger partial charge in [0.05, 0.1) is 23.1 Å². The molecular weight excluding hydrogens is 375 g/mol. The summed E-state index contributed by atoms with van der Waals surface area (Å²) in [5.74, 6) is 0.147. The molecular formula is C16H10F3N9. The molecule has 0 aliphatic carbocycles. The van der Waals surface area contributed by atoms with Crippen LogP contribution >= 0.6 is 0 Å². The monoisotopic (exact) mass is 385 g/mol. The number of fused-ring (bicyclic) bond motifs is 1. The van der Waals surface area contributed by atoms with Crippen molar-refractivity contribution in [2.75, 3.05) is 11.1 Å². The number of hydrogen-bond acceptors (Lipinski definition) is 7. The van der Waals surface area contributed by atoms with E-state index >= 15 is 0 Å². The van der Waals surface area contributed by atoms with Gasteiger partial charge in [-0.25, -0.2) is 4.98 Å². The molecule has 0 saturated heterocycles. The van der Waals surface area contributed by atoms with Crippen LogP contribution in [0.25, 0.3) is 11.3 Å². The zero-order valence-electron chi connectivity index (χ0n) is 13.9. The Morgan fingerprint density at radius 3 is 2.54 bits per heavy atom. The maximum Gasteiger partial charge on any atom is 0.416 e. The molecule has 0 fully saturated rings. The predicted molar refractivity (Wildman–Crippen MR) is 91.8 cm³/mol. The molecule has 1 aromatic carbocycles. The van der Waals surface area contributed by atoms with E-state index in [1.165, 1.54) is 40.1 Å². The van der Waals surface area contributed by atoms with Crippen molar-refractivity contribution in [2.24, 2.45) is 0 Å². The van der Waals surface area contributed by atoms with Gasteiger partial charge in [0.25, 0.3) is 0 Å². The first kappa shape index (κ1) is 17.3. The van der Waals surface area contributed by atoms with E-state index in [2.05, 4.69) is 25.6 Å². The number of benzene rings is 1. The van der Waals surface area contributed by atoms with E-state index in [9.17, 15) is 13.2 Å². The van der Waals surface area contributed by atoms with Gasteiger partial charge in [0, 0.05) is 11.8 Å². The Morgan fingerprint density at radius 2 is 1.86 bits per heavy atom. The van der Waals surface area contributed by atoms with Crippen LogP contribution in [-0.2, 0) is 6.18 Å². The molecule has 12 heteroatoms. The summed E-state index contributed by atoms with van der Waals surface area (Å²) < 4.78 is 42.5. The van der Waals surface area contributed by atoms with Gasteiger partial charge >= 0.3 is 6.18 Å². The molecule has 4 rings (SSSR count). The largest absolute Gasteiger partial charge is 0.416 e. The molecule has 3 N–H and O–H groups in total. The van der Waals surface area contributed by atoms with Crippen molar-refractivity contribution >= 4 is 22.8 Å². The second kappa shape index (κ2) is 6.23. The number of rotatable bonds is 3. The Morgan fingerprint density at radius 1 is 1.11 bits per heavy atom. The van der Waals surface area contributed by atoms with Gasteiger partial charge in [-0.2, -0.15) is 22.9 Å². The quantitative estimate of drug-likeness (QED) is 0.555. The highest BCUT2D eigenvalue weighted by Gasteiger charge is 2.31. The average molecular weight is 385 g/mol. The van der Waals surface area contributed by atoms with Crippen molar-refractivity contribution in [1.82, 2.24) is 29.4 Å². The van der Waals surface area contributed by atoms with Crippen molar-refractivity contribution in [3.8, 4) is 11.8 Å². The van der Waals surface area contributed by atoms with E-state index in [1.807, 2.05) is 6.07 Å². The molecule has 0 bridgehead atoms. The van der Waals surface area contributed by atoms with Gasteiger partial charge in [0.15, 0.2) is 17.2 Å². The zero-order chi connectivity index (χ0) is 19.9. The summed E-state index contributed by atoms with van der Waals surface area (Å²) >= 11 is 0. The average Bonchev–Trinajstić information content (AvgIpc) is 3.30. The standard InChI is InChI=1S/C16H10F3N9/c17-16(18,19)9-1-10(3-11(2-9)27-7-23-24-8-27)25-14-4-13(21)15-22-6-12(5-20)28(15)26-14/h1-4,6-8H,21H2,(H,25,26). The third kappa shape index (κ3) is 3.05. The molecule has 0 amide bonds. The van der Waals surface area contributed by atoms with E-state index in [0.717, 1.165) is 12.1 Å². The lowest BCUT2D eigenvalue weighted by Gasteiger charge is -2.14. The fourth-order valence-electron chi connectivity index (χ4n) is 2.61. The summed E-state index contributed by atoms with van der Waals surface area (Å²) in [7, 11) is 0. The molecule has 0 radical (unpaired) electrons. The molecule has 9 nitrogen and oxygen atoms in total. The molecule has 0 aliphatic heterocycles. The van der Waals surface area contributed by atoms with Gasteiger partial charge in [-0.15, -0.1) is 15.3 Å². The number of halogens is 3. The van der Waals surface area contributed by atoms with Crippen LogP contribution in [0.4, 0.5) is 30.4 Å². The van der Waals surface area contributed by atoms with E-state index in [4.69, 9.17) is 11.0 Å². The Labute approximate surface area is 154 Å². The van der Waals surface area contributed by atoms with Gasteiger partial charge in [-0.1, -0.05) is 0 Å². The molecule has 0 spiro atoms. The van der Waals surface area contributed by atoms with Crippen LogP contribution in [0.1, 0.15) is 11.3 Å². The first-order valence-electron chi connectivity index (χ1n) is 7.74. The number of anilines is 3. The number of nitrogen functional groups attached to an aromatic ring is 1. The van der Waals surface area contributed by atoms with Crippen LogP contribution in [0.3, 0.4) is 0 Å². The Kier molecular flexibility index (Phi) is 3.85. The molecule has 0 aliphatic rings. The van der Waals surface area contributed by atoms with Crippen LogP contribution in [0, 0.1) is 11.3 Å². The van der Waals surface area contributed by atoms with Crippen LogP contribution in [-0.4, -0.2) is 29.4 Å². The normalized spacial score (nSPS) is 11.5. The summed E-state index contributed by atoms with van der Waals surface area (Å²) in [5.41, 5.74) is 5.99. The summed E-state index contributed by atoms with van der Waals surface area (Å²) in [6.45, 7) is 0. The van der Waals surface area contributed by atoms with Gasteiger partial charge in [0.1, 0.15) is 18.7 Å². The number of aromatic nitrogens is 6. The van der Waals surface area contributed by atoms with Crippen LogP contribution in [0.15, 0.2) is 43.1 Å². The number of nitriles is 1. The van der Waals surface area contributed by atoms with Gasteiger partial charge < -0.3 is 11.1 Å². The number of imidazole rings is 1. The molecule has 0 saturated carbocycles. The van der Waals surface area contributed by atoms with Crippen LogP contribution in [0.2, 0.25) is 0 Å². The third-order valence-electron chi connectivity index (χ3n) is 3.85. The highest BCUT2D eigenvalue weighted by molar-refractivity contribution is 5.71. The van der Waals surface area contributed by atoms with Crippen molar-refractivity contribution in [3.05, 3.63) is 54.4 Å². The van der Waals surface area contributed by atoms with Crippen LogP contribution < -0.4 is 11.1 Å². The fourth-order valence-corrected chi connectivity index (χ4v) is 2.61. The second-order valence-electron chi connectivity index (χ2n) is 5.74.